The minimum atomic E-state index is -3.79. The summed E-state index contributed by atoms with van der Waals surface area (Å²) in [5.41, 5.74) is 0.165. The number of aryl methyl sites for hydroxylation is 1. The summed E-state index contributed by atoms with van der Waals surface area (Å²) in [7, 11) is -2.18. The number of sulfonamides is 1. The average molecular weight is 341 g/mol. The molecule has 1 aromatic heterocycles. The predicted molar refractivity (Wildman–Crippen MR) is 72.9 cm³/mol. The molecule has 0 unspecified atom stereocenters. The van der Waals surface area contributed by atoms with Crippen molar-refractivity contribution < 1.29 is 8.42 Å². The maximum atomic E-state index is 12.2. The topological polar surface area (TPSA) is 87.8 Å². The minimum Gasteiger partial charge on any atom is -0.272 e. The highest BCUT2D eigenvalue weighted by atomic mass is 79.9. The van der Waals surface area contributed by atoms with Crippen molar-refractivity contribution in [2.45, 2.75) is 4.90 Å². The molecule has 19 heavy (non-hydrogen) atoms. The van der Waals surface area contributed by atoms with Crippen LogP contribution in [0.3, 0.4) is 0 Å². The SMILES string of the molecule is Cn1cc(C#N)c(NS(=O)(=O)c2ccccc2Br)n1. The van der Waals surface area contributed by atoms with E-state index in [0.717, 1.165) is 0 Å². The summed E-state index contributed by atoms with van der Waals surface area (Å²) in [5.74, 6) is 0.0146. The van der Waals surface area contributed by atoms with Crippen molar-refractivity contribution in [2.24, 2.45) is 7.05 Å². The van der Waals surface area contributed by atoms with E-state index in [9.17, 15) is 8.42 Å². The molecule has 1 heterocycles. The first kappa shape index (κ1) is 13.6. The molecule has 1 N–H and O–H groups in total. The van der Waals surface area contributed by atoms with E-state index in [2.05, 4.69) is 25.8 Å². The molecule has 6 nitrogen and oxygen atoms in total. The number of aromatic nitrogens is 2. The van der Waals surface area contributed by atoms with E-state index < -0.39 is 10.0 Å². The number of benzene rings is 1. The number of hydrogen-bond acceptors (Lipinski definition) is 4. The number of hydrogen-bond donors (Lipinski definition) is 1. The van der Waals surface area contributed by atoms with E-state index in [1.54, 1.807) is 25.2 Å². The number of nitrogens with zero attached hydrogens (tertiary/aromatic N) is 3. The monoisotopic (exact) mass is 340 g/mol. The van der Waals surface area contributed by atoms with E-state index in [1.807, 2.05) is 6.07 Å². The molecule has 0 bridgehead atoms. The summed E-state index contributed by atoms with van der Waals surface area (Å²) in [6.45, 7) is 0. The zero-order chi connectivity index (χ0) is 14.0. The molecule has 0 aliphatic rings. The van der Waals surface area contributed by atoms with Crippen LogP contribution in [0.1, 0.15) is 5.56 Å². The molecule has 1 aromatic carbocycles. The van der Waals surface area contributed by atoms with Gasteiger partial charge in [-0.2, -0.15) is 10.4 Å². The van der Waals surface area contributed by atoms with Gasteiger partial charge in [-0.1, -0.05) is 12.1 Å². The van der Waals surface area contributed by atoms with E-state index in [-0.39, 0.29) is 16.3 Å². The maximum Gasteiger partial charge on any atom is 0.264 e. The Bertz CT molecular complexity index is 761. The van der Waals surface area contributed by atoms with Gasteiger partial charge in [-0.15, -0.1) is 0 Å². The lowest BCUT2D eigenvalue weighted by Crippen LogP contribution is -2.14. The largest absolute Gasteiger partial charge is 0.272 e. The van der Waals surface area contributed by atoms with Gasteiger partial charge in [0.05, 0.1) is 0 Å². The Morgan fingerprint density at radius 3 is 2.74 bits per heavy atom. The van der Waals surface area contributed by atoms with Crippen LogP contribution in [0.4, 0.5) is 5.82 Å². The molecule has 2 rings (SSSR count). The van der Waals surface area contributed by atoms with Gasteiger partial charge in [0.25, 0.3) is 10.0 Å². The molecule has 0 aliphatic heterocycles. The van der Waals surface area contributed by atoms with Crippen LogP contribution in [0.25, 0.3) is 0 Å². The first-order valence-corrected chi connectivity index (χ1v) is 7.43. The Morgan fingerprint density at radius 1 is 1.42 bits per heavy atom. The van der Waals surface area contributed by atoms with E-state index in [4.69, 9.17) is 5.26 Å². The van der Waals surface area contributed by atoms with Gasteiger partial charge in [0.1, 0.15) is 16.5 Å². The number of halogens is 1. The fraction of sp³-hybridized carbons (Fsp3) is 0.0909. The lowest BCUT2D eigenvalue weighted by molar-refractivity contribution is 0.600. The number of rotatable bonds is 3. The van der Waals surface area contributed by atoms with Gasteiger partial charge in [-0.3, -0.25) is 9.40 Å². The summed E-state index contributed by atoms with van der Waals surface area (Å²) in [6, 6.07) is 8.29. The summed E-state index contributed by atoms with van der Waals surface area (Å²) in [5, 5.41) is 12.8. The van der Waals surface area contributed by atoms with Crippen LogP contribution < -0.4 is 4.72 Å². The molecule has 0 atom stereocenters. The van der Waals surface area contributed by atoms with Crippen molar-refractivity contribution in [1.29, 1.82) is 5.26 Å². The lowest BCUT2D eigenvalue weighted by Gasteiger charge is -2.07. The molecule has 0 aliphatic carbocycles. The maximum absolute atomic E-state index is 12.2. The first-order chi connectivity index (χ1) is 8.94. The van der Waals surface area contributed by atoms with Crippen LogP contribution in [-0.4, -0.2) is 18.2 Å². The number of anilines is 1. The summed E-state index contributed by atoms with van der Waals surface area (Å²) in [6.07, 6.45) is 1.44. The van der Waals surface area contributed by atoms with Gasteiger partial charge in [-0.05, 0) is 28.1 Å². The van der Waals surface area contributed by atoms with Crippen molar-refractivity contribution in [3.05, 3.63) is 40.5 Å². The van der Waals surface area contributed by atoms with Gasteiger partial charge in [0.15, 0.2) is 5.82 Å². The van der Waals surface area contributed by atoms with E-state index >= 15 is 0 Å². The van der Waals surface area contributed by atoms with Crippen molar-refractivity contribution >= 4 is 31.8 Å². The minimum absolute atomic E-state index is 0.0146. The van der Waals surface area contributed by atoms with Crippen molar-refractivity contribution in [2.75, 3.05) is 4.72 Å². The van der Waals surface area contributed by atoms with Crippen LogP contribution >= 0.6 is 15.9 Å². The molecule has 0 radical (unpaired) electrons. The standard InChI is InChI=1S/C11H9BrN4O2S/c1-16-7-8(6-13)11(14-16)15-19(17,18)10-5-3-2-4-9(10)12/h2-5,7H,1H3,(H,14,15). The second-order valence-electron chi connectivity index (χ2n) is 3.71. The smallest absolute Gasteiger partial charge is 0.264 e. The first-order valence-electron chi connectivity index (χ1n) is 5.15. The van der Waals surface area contributed by atoms with Crippen LogP contribution in [0, 0.1) is 11.3 Å². The summed E-state index contributed by atoms with van der Waals surface area (Å²) in [4.78, 5) is 0.0875. The van der Waals surface area contributed by atoms with Crippen molar-refractivity contribution in [3.63, 3.8) is 0 Å². The van der Waals surface area contributed by atoms with Crippen molar-refractivity contribution in [3.8, 4) is 6.07 Å². The second-order valence-corrected chi connectivity index (χ2v) is 6.22. The number of nitriles is 1. The average Bonchev–Trinajstić information content (AvgIpc) is 2.69. The van der Waals surface area contributed by atoms with Gasteiger partial charge < -0.3 is 0 Å². The Kier molecular flexibility index (Phi) is 3.59. The van der Waals surface area contributed by atoms with Gasteiger partial charge >= 0.3 is 0 Å². The zero-order valence-corrected chi connectivity index (χ0v) is 12.2. The molecule has 8 heteroatoms. The normalized spacial score (nSPS) is 11.0. The Labute approximate surface area is 118 Å². The molecule has 2 aromatic rings. The fourth-order valence-corrected chi connectivity index (χ4v) is 3.51. The Hall–Kier alpha value is -1.85. The summed E-state index contributed by atoms with van der Waals surface area (Å²) < 4.78 is 28.5. The molecule has 98 valence electrons. The van der Waals surface area contributed by atoms with Gasteiger partial charge in [0, 0.05) is 17.7 Å². The third kappa shape index (κ3) is 2.77. The van der Waals surface area contributed by atoms with E-state index in [1.165, 1.54) is 16.9 Å². The molecular weight excluding hydrogens is 332 g/mol. The highest BCUT2D eigenvalue weighted by Gasteiger charge is 2.20. The molecule has 0 saturated carbocycles. The third-order valence-electron chi connectivity index (χ3n) is 2.31. The molecule has 0 fully saturated rings. The number of nitrogens with one attached hydrogen (secondary N) is 1. The Morgan fingerprint density at radius 2 is 2.11 bits per heavy atom. The predicted octanol–water partition coefficient (Wildman–Crippen LogP) is 1.86. The van der Waals surface area contributed by atoms with Crippen LogP contribution in [0.5, 0.6) is 0 Å². The lowest BCUT2D eigenvalue weighted by atomic mass is 10.4. The van der Waals surface area contributed by atoms with E-state index in [0.29, 0.717) is 4.47 Å². The highest BCUT2D eigenvalue weighted by molar-refractivity contribution is 9.10. The van der Waals surface area contributed by atoms with Crippen LogP contribution in [-0.2, 0) is 17.1 Å². The zero-order valence-electron chi connectivity index (χ0n) is 9.83. The van der Waals surface area contributed by atoms with Crippen LogP contribution in [0.15, 0.2) is 39.8 Å². The second kappa shape index (κ2) is 5.03. The molecule has 0 saturated heterocycles. The Balaban J connectivity index is 2.43. The van der Waals surface area contributed by atoms with Gasteiger partial charge in [0.2, 0.25) is 0 Å². The summed E-state index contributed by atoms with van der Waals surface area (Å²) >= 11 is 3.18. The van der Waals surface area contributed by atoms with Crippen molar-refractivity contribution in [1.82, 2.24) is 9.78 Å². The fourth-order valence-electron chi connectivity index (χ4n) is 1.49. The third-order valence-corrected chi connectivity index (χ3v) is 4.66. The quantitative estimate of drug-likeness (QED) is 0.923. The highest BCUT2D eigenvalue weighted by Crippen LogP contribution is 2.24. The molecular formula is C11H9BrN4O2S. The van der Waals surface area contributed by atoms with Crippen LogP contribution in [0.2, 0.25) is 0 Å². The molecule has 0 spiro atoms. The molecule has 0 amide bonds. The van der Waals surface area contributed by atoms with Gasteiger partial charge in [-0.25, -0.2) is 8.42 Å².